The zero-order valence-corrected chi connectivity index (χ0v) is 17.8. The van der Waals surface area contributed by atoms with Gasteiger partial charge in [-0.2, -0.15) is 0 Å². The second-order valence-corrected chi connectivity index (χ2v) is 8.19. The van der Waals surface area contributed by atoms with Crippen molar-refractivity contribution in [3.63, 3.8) is 0 Å². The molecule has 30 heavy (non-hydrogen) atoms. The summed E-state index contributed by atoms with van der Waals surface area (Å²) in [4.78, 5) is 61.7. The van der Waals surface area contributed by atoms with Gasteiger partial charge in [-0.25, -0.2) is 4.79 Å². The first kappa shape index (κ1) is 25.3. The fraction of sp³-hybridized carbons (Fsp3) is 0.737. The van der Waals surface area contributed by atoms with Gasteiger partial charge in [0.15, 0.2) is 0 Å². The van der Waals surface area contributed by atoms with Crippen LogP contribution in [0.1, 0.15) is 47.0 Å². The van der Waals surface area contributed by atoms with Gasteiger partial charge in [-0.1, -0.05) is 27.7 Å². The zero-order chi connectivity index (χ0) is 23.2. The van der Waals surface area contributed by atoms with Crippen LogP contribution in [0, 0.1) is 11.8 Å². The molecule has 0 aromatic rings. The summed E-state index contributed by atoms with van der Waals surface area (Å²) in [5.74, 6) is -5.16. The van der Waals surface area contributed by atoms with E-state index in [-0.39, 0.29) is 11.8 Å². The number of carboxylic acids is 2. The summed E-state index contributed by atoms with van der Waals surface area (Å²) >= 11 is 0. The highest BCUT2D eigenvalue weighted by molar-refractivity contribution is 5.95. The first-order valence-electron chi connectivity index (χ1n) is 9.98. The van der Waals surface area contributed by atoms with Crippen LogP contribution in [0.5, 0.6) is 0 Å². The Morgan fingerprint density at radius 2 is 1.63 bits per heavy atom. The van der Waals surface area contributed by atoms with Crippen LogP contribution in [-0.2, 0) is 24.0 Å². The van der Waals surface area contributed by atoms with Crippen molar-refractivity contribution in [2.75, 3.05) is 6.54 Å². The quantitative estimate of drug-likeness (QED) is 0.298. The van der Waals surface area contributed by atoms with E-state index in [1.165, 1.54) is 4.90 Å². The van der Waals surface area contributed by atoms with Crippen LogP contribution < -0.4 is 16.4 Å². The van der Waals surface area contributed by atoms with Crippen LogP contribution in [0.25, 0.3) is 0 Å². The first-order chi connectivity index (χ1) is 13.9. The third kappa shape index (κ3) is 6.68. The standard InChI is InChI=1S/C19H32N4O7/c1-9(2)14(20)18(28)23-7-5-6-12(23)17(27)21-11(8-13(24)25)16(26)22-15(10(3)4)19(29)30/h9-12,14-15H,5-8,20H2,1-4H3,(H,21,27)(H,22,26)(H,24,25)(H,29,30). The smallest absolute Gasteiger partial charge is 0.326 e. The van der Waals surface area contributed by atoms with Crippen molar-refractivity contribution in [1.82, 2.24) is 15.5 Å². The van der Waals surface area contributed by atoms with Crippen molar-refractivity contribution in [3.8, 4) is 0 Å². The highest BCUT2D eigenvalue weighted by atomic mass is 16.4. The van der Waals surface area contributed by atoms with Gasteiger partial charge in [-0.05, 0) is 24.7 Å². The third-order valence-electron chi connectivity index (χ3n) is 5.08. The molecule has 1 saturated heterocycles. The van der Waals surface area contributed by atoms with E-state index >= 15 is 0 Å². The van der Waals surface area contributed by atoms with E-state index < -0.39 is 60.3 Å². The molecule has 0 saturated carbocycles. The molecule has 11 heteroatoms. The van der Waals surface area contributed by atoms with Gasteiger partial charge in [0.2, 0.25) is 17.7 Å². The Bertz CT molecular complexity index is 680. The second-order valence-electron chi connectivity index (χ2n) is 8.19. The van der Waals surface area contributed by atoms with Crippen molar-refractivity contribution >= 4 is 29.7 Å². The molecule has 1 aliphatic rings. The molecule has 170 valence electrons. The molecule has 1 fully saturated rings. The van der Waals surface area contributed by atoms with E-state index in [9.17, 15) is 29.1 Å². The average Bonchev–Trinajstić information content (AvgIpc) is 3.12. The topological polar surface area (TPSA) is 179 Å². The van der Waals surface area contributed by atoms with E-state index in [4.69, 9.17) is 10.8 Å². The third-order valence-corrected chi connectivity index (χ3v) is 5.08. The summed E-state index contributed by atoms with van der Waals surface area (Å²) in [7, 11) is 0. The highest BCUT2D eigenvalue weighted by Crippen LogP contribution is 2.20. The molecule has 4 unspecified atom stereocenters. The lowest BCUT2D eigenvalue weighted by atomic mass is 10.0. The van der Waals surface area contributed by atoms with Gasteiger partial charge in [-0.3, -0.25) is 19.2 Å². The predicted molar refractivity (Wildman–Crippen MR) is 106 cm³/mol. The van der Waals surface area contributed by atoms with Crippen LogP contribution in [0.3, 0.4) is 0 Å². The van der Waals surface area contributed by atoms with Crippen LogP contribution in [0.15, 0.2) is 0 Å². The molecule has 6 N–H and O–H groups in total. The number of carbonyl (C=O) groups is 5. The predicted octanol–water partition coefficient (Wildman–Crippen LogP) is -0.854. The monoisotopic (exact) mass is 428 g/mol. The lowest BCUT2D eigenvalue weighted by Crippen LogP contribution is -2.58. The number of hydrogen-bond donors (Lipinski definition) is 5. The number of nitrogens with zero attached hydrogens (tertiary/aromatic N) is 1. The molecule has 3 amide bonds. The fourth-order valence-electron chi connectivity index (χ4n) is 3.20. The maximum Gasteiger partial charge on any atom is 0.326 e. The minimum absolute atomic E-state index is 0.128. The molecular formula is C19H32N4O7. The van der Waals surface area contributed by atoms with Crippen LogP contribution in [-0.4, -0.2) is 75.5 Å². The molecule has 1 heterocycles. The average molecular weight is 428 g/mol. The highest BCUT2D eigenvalue weighted by Gasteiger charge is 2.39. The minimum atomic E-state index is -1.48. The Kier molecular flexibility index (Phi) is 9.22. The Morgan fingerprint density at radius 1 is 1.03 bits per heavy atom. The number of nitrogens with two attached hydrogens (primary N) is 1. The van der Waals surface area contributed by atoms with E-state index in [1.54, 1.807) is 27.7 Å². The van der Waals surface area contributed by atoms with Crippen LogP contribution in [0.4, 0.5) is 0 Å². The Morgan fingerprint density at radius 3 is 2.10 bits per heavy atom. The molecule has 0 radical (unpaired) electrons. The number of nitrogens with one attached hydrogen (secondary N) is 2. The lowest BCUT2D eigenvalue weighted by Gasteiger charge is -2.29. The van der Waals surface area contributed by atoms with Gasteiger partial charge in [0.05, 0.1) is 12.5 Å². The number of amides is 3. The maximum absolute atomic E-state index is 12.8. The molecule has 0 bridgehead atoms. The van der Waals surface area contributed by atoms with Gasteiger partial charge in [0.1, 0.15) is 18.1 Å². The van der Waals surface area contributed by atoms with Gasteiger partial charge >= 0.3 is 11.9 Å². The minimum Gasteiger partial charge on any atom is -0.481 e. The SMILES string of the molecule is CC(C)C(N)C(=O)N1CCCC1C(=O)NC(CC(=O)O)C(=O)NC(C(=O)O)C(C)C. The largest absolute Gasteiger partial charge is 0.481 e. The molecule has 1 rings (SSSR count). The van der Waals surface area contributed by atoms with Crippen LogP contribution >= 0.6 is 0 Å². The Balaban J connectivity index is 2.94. The number of likely N-dealkylation sites (tertiary alicyclic amines) is 1. The molecular weight excluding hydrogens is 396 g/mol. The van der Waals surface area contributed by atoms with E-state index in [2.05, 4.69) is 10.6 Å². The number of carboxylic acid groups (broad SMARTS) is 2. The first-order valence-corrected chi connectivity index (χ1v) is 9.98. The normalized spacial score (nSPS) is 19.3. The van der Waals surface area contributed by atoms with Crippen molar-refractivity contribution < 1.29 is 34.2 Å². The molecule has 11 nitrogen and oxygen atoms in total. The number of hydrogen-bond acceptors (Lipinski definition) is 6. The molecule has 1 aliphatic heterocycles. The number of rotatable bonds is 10. The lowest BCUT2D eigenvalue weighted by molar-refractivity contribution is -0.145. The van der Waals surface area contributed by atoms with Crippen molar-refractivity contribution in [2.24, 2.45) is 17.6 Å². The van der Waals surface area contributed by atoms with Crippen molar-refractivity contribution in [1.29, 1.82) is 0 Å². The Labute approximate surface area is 175 Å². The summed E-state index contributed by atoms with van der Waals surface area (Å²) in [6.45, 7) is 7.08. The Hall–Kier alpha value is -2.69. The summed E-state index contributed by atoms with van der Waals surface area (Å²) < 4.78 is 0. The molecule has 4 atom stereocenters. The van der Waals surface area contributed by atoms with Gasteiger partial charge in [0, 0.05) is 6.54 Å². The molecule has 0 aromatic heterocycles. The molecule has 0 spiro atoms. The van der Waals surface area contributed by atoms with Gasteiger partial charge in [0.25, 0.3) is 0 Å². The van der Waals surface area contributed by atoms with E-state index in [1.807, 2.05) is 0 Å². The summed E-state index contributed by atoms with van der Waals surface area (Å²) in [6, 6.07) is -4.36. The summed E-state index contributed by atoms with van der Waals surface area (Å²) in [6.07, 6.45) is 0.195. The molecule has 0 aromatic carbocycles. The molecule has 0 aliphatic carbocycles. The van der Waals surface area contributed by atoms with E-state index in [0.717, 1.165) is 0 Å². The summed E-state index contributed by atoms with van der Waals surface area (Å²) in [5.41, 5.74) is 5.91. The van der Waals surface area contributed by atoms with Crippen molar-refractivity contribution in [3.05, 3.63) is 0 Å². The maximum atomic E-state index is 12.8. The van der Waals surface area contributed by atoms with Gasteiger partial charge < -0.3 is 31.5 Å². The van der Waals surface area contributed by atoms with Crippen molar-refractivity contribution in [2.45, 2.75) is 71.1 Å². The van der Waals surface area contributed by atoms with E-state index in [0.29, 0.717) is 19.4 Å². The summed E-state index contributed by atoms with van der Waals surface area (Å²) in [5, 5.41) is 23.0. The van der Waals surface area contributed by atoms with Crippen LogP contribution in [0.2, 0.25) is 0 Å². The fourth-order valence-corrected chi connectivity index (χ4v) is 3.20. The number of carbonyl (C=O) groups excluding carboxylic acids is 3. The zero-order valence-electron chi connectivity index (χ0n) is 17.8. The second kappa shape index (κ2) is 10.9. The van der Waals surface area contributed by atoms with Gasteiger partial charge in [-0.15, -0.1) is 0 Å². The number of aliphatic carboxylic acids is 2.